The minimum Gasteiger partial charge on any atom is -0.450 e. The van der Waals surface area contributed by atoms with Gasteiger partial charge in [-0.1, -0.05) is 18.2 Å². The number of hydrogen-bond donors (Lipinski definition) is 1. The molecular formula is C10H13NO3S. The van der Waals surface area contributed by atoms with Crippen molar-refractivity contribution in [3.05, 3.63) is 30.3 Å². The van der Waals surface area contributed by atoms with Crippen molar-refractivity contribution in [1.29, 1.82) is 0 Å². The van der Waals surface area contributed by atoms with Crippen LogP contribution in [-0.4, -0.2) is 18.6 Å². The topological polar surface area (TPSA) is 47.6 Å². The Balaban J connectivity index is 2.10. The predicted octanol–water partition coefficient (Wildman–Crippen LogP) is 2.42. The van der Waals surface area contributed by atoms with E-state index in [1.165, 1.54) is 0 Å². The zero-order valence-electron chi connectivity index (χ0n) is 8.43. The van der Waals surface area contributed by atoms with E-state index in [0.29, 0.717) is 12.5 Å². The number of carbonyl (C=O) groups excluding carboxylic acids is 1. The molecule has 1 aromatic carbocycles. The van der Waals surface area contributed by atoms with Gasteiger partial charge < -0.3 is 14.2 Å². The number of amides is 1. The molecule has 1 aromatic rings. The van der Waals surface area contributed by atoms with Crippen LogP contribution >= 0.6 is 12.0 Å². The van der Waals surface area contributed by atoms with Gasteiger partial charge in [-0.2, -0.15) is 0 Å². The summed E-state index contributed by atoms with van der Waals surface area (Å²) < 4.78 is 9.96. The fraction of sp³-hybridized carbons (Fsp3) is 0.300. The van der Waals surface area contributed by atoms with E-state index in [9.17, 15) is 4.79 Å². The van der Waals surface area contributed by atoms with Crippen LogP contribution in [0.3, 0.4) is 0 Å². The zero-order valence-corrected chi connectivity index (χ0v) is 9.25. The Bertz CT molecular complexity index is 292. The molecule has 1 N–H and O–H groups in total. The summed E-state index contributed by atoms with van der Waals surface area (Å²) in [5.74, 6) is 1.11. The SMILES string of the molecule is CCOC(=O)NCSOc1ccccc1. The molecule has 0 radical (unpaired) electrons. The minimum atomic E-state index is -0.429. The first kappa shape index (κ1) is 11.7. The molecule has 0 fully saturated rings. The van der Waals surface area contributed by atoms with Gasteiger partial charge in [-0.3, -0.25) is 0 Å². The first-order valence-electron chi connectivity index (χ1n) is 4.58. The average Bonchev–Trinajstić information content (AvgIpc) is 2.26. The number of benzene rings is 1. The lowest BCUT2D eigenvalue weighted by atomic mass is 10.3. The Hall–Kier alpha value is -1.36. The smallest absolute Gasteiger partial charge is 0.407 e. The molecule has 0 saturated heterocycles. The lowest BCUT2D eigenvalue weighted by molar-refractivity contribution is 0.154. The van der Waals surface area contributed by atoms with E-state index in [2.05, 4.69) is 10.1 Å². The maximum Gasteiger partial charge on any atom is 0.407 e. The summed E-state index contributed by atoms with van der Waals surface area (Å²) in [6.07, 6.45) is -0.429. The molecule has 0 aliphatic heterocycles. The molecule has 0 heterocycles. The summed E-state index contributed by atoms with van der Waals surface area (Å²) in [5.41, 5.74) is 0. The Labute approximate surface area is 93.2 Å². The van der Waals surface area contributed by atoms with Crippen LogP contribution < -0.4 is 9.50 Å². The van der Waals surface area contributed by atoms with Crippen LogP contribution in [0.4, 0.5) is 4.79 Å². The number of ether oxygens (including phenoxy) is 1. The molecule has 0 aliphatic carbocycles. The van der Waals surface area contributed by atoms with Gasteiger partial charge in [0.1, 0.15) is 11.6 Å². The van der Waals surface area contributed by atoms with Gasteiger partial charge in [0, 0.05) is 0 Å². The predicted molar refractivity (Wildman–Crippen MR) is 59.7 cm³/mol. The monoisotopic (exact) mass is 227 g/mol. The third kappa shape index (κ3) is 5.17. The van der Waals surface area contributed by atoms with Gasteiger partial charge >= 0.3 is 6.09 Å². The van der Waals surface area contributed by atoms with Crippen molar-refractivity contribution in [3.8, 4) is 5.75 Å². The Kier molecular flexibility index (Phi) is 5.47. The fourth-order valence-corrected chi connectivity index (χ4v) is 1.33. The number of carbonyl (C=O) groups is 1. The van der Waals surface area contributed by atoms with Crippen LogP contribution in [0.15, 0.2) is 30.3 Å². The van der Waals surface area contributed by atoms with Crippen LogP contribution in [0.5, 0.6) is 5.75 Å². The molecular weight excluding hydrogens is 214 g/mol. The third-order valence-corrected chi connectivity index (χ3v) is 2.02. The van der Waals surface area contributed by atoms with E-state index < -0.39 is 6.09 Å². The van der Waals surface area contributed by atoms with Gasteiger partial charge in [-0.05, 0) is 19.1 Å². The summed E-state index contributed by atoms with van der Waals surface area (Å²) >= 11 is 1.15. The number of rotatable bonds is 5. The van der Waals surface area contributed by atoms with Crippen molar-refractivity contribution in [3.63, 3.8) is 0 Å². The molecule has 1 amide bonds. The second kappa shape index (κ2) is 7.00. The highest BCUT2D eigenvalue weighted by Crippen LogP contribution is 2.14. The third-order valence-electron chi connectivity index (χ3n) is 1.45. The first-order chi connectivity index (χ1) is 7.33. The summed E-state index contributed by atoms with van der Waals surface area (Å²) in [6, 6.07) is 9.37. The zero-order chi connectivity index (χ0) is 10.9. The van der Waals surface area contributed by atoms with Crippen molar-refractivity contribution in [1.82, 2.24) is 5.32 Å². The van der Waals surface area contributed by atoms with E-state index in [4.69, 9.17) is 4.18 Å². The van der Waals surface area contributed by atoms with Gasteiger partial charge in [-0.25, -0.2) is 4.79 Å². The van der Waals surface area contributed by atoms with Crippen LogP contribution in [0, 0.1) is 0 Å². The fourth-order valence-electron chi connectivity index (χ4n) is 0.844. The molecule has 82 valence electrons. The average molecular weight is 227 g/mol. The lowest BCUT2D eigenvalue weighted by Gasteiger charge is -2.05. The van der Waals surface area contributed by atoms with Crippen molar-refractivity contribution >= 4 is 18.1 Å². The summed E-state index contributed by atoms with van der Waals surface area (Å²) in [5, 5.41) is 2.53. The van der Waals surface area contributed by atoms with Crippen LogP contribution in [-0.2, 0) is 4.74 Å². The highest BCUT2D eigenvalue weighted by molar-refractivity contribution is 7.94. The van der Waals surface area contributed by atoms with E-state index in [1.807, 2.05) is 30.3 Å². The highest BCUT2D eigenvalue weighted by atomic mass is 32.2. The number of para-hydroxylation sites is 1. The van der Waals surface area contributed by atoms with E-state index in [0.717, 1.165) is 17.8 Å². The number of nitrogens with one attached hydrogen (secondary N) is 1. The van der Waals surface area contributed by atoms with Gasteiger partial charge in [-0.15, -0.1) is 0 Å². The van der Waals surface area contributed by atoms with Gasteiger partial charge in [0.15, 0.2) is 0 Å². The number of hydrogen-bond acceptors (Lipinski definition) is 4. The molecule has 1 rings (SSSR count). The van der Waals surface area contributed by atoms with Crippen molar-refractivity contribution in [2.24, 2.45) is 0 Å². The van der Waals surface area contributed by atoms with Gasteiger partial charge in [0.05, 0.1) is 18.6 Å². The van der Waals surface area contributed by atoms with E-state index in [1.54, 1.807) is 6.92 Å². The summed E-state index contributed by atoms with van der Waals surface area (Å²) in [4.78, 5) is 10.9. The van der Waals surface area contributed by atoms with Gasteiger partial charge in [0.25, 0.3) is 0 Å². The lowest BCUT2D eigenvalue weighted by Crippen LogP contribution is -2.23. The summed E-state index contributed by atoms with van der Waals surface area (Å²) in [6.45, 7) is 2.13. The number of alkyl carbamates (subject to hydrolysis) is 1. The molecule has 0 aromatic heterocycles. The van der Waals surface area contributed by atoms with Crippen molar-refractivity contribution in [2.75, 3.05) is 12.5 Å². The Morgan fingerprint density at radius 3 is 2.80 bits per heavy atom. The van der Waals surface area contributed by atoms with Crippen molar-refractivity contribution in [2.45, 2.75) is 6.92 Å². The first-order valence-corrected chi connectivity index (χ1v) is 5.49. The van der Waals surface area contributed by atoms with E-state index >= 15 is 0 Å². The maximum atomic E-state index is 10.9. The van der Waals surface area contributed by atoms with E-state index in [-0.39, 0.29) is 0 Å². The van der Waals surface area contributed by atoms with Crippen molar-refractivity contribution < 1.29 is 13.7 Å². The molecule has 0 bridgehead atoms. The standard InChI is InChI=1S/C10H13NO3S/c1-2-13-10(12)11-8-15-14-9-6-4-3-5-7-9/h3-7H,2,8H2,1H3,(H,11,12). The van der Waals surface area contributed by atoms with Gasteiger partial charge in [0.2, 0.25) is 0 Å². The normalized spacial score (nSPS) is 9.40. The molecule has 0 unspecified atom stereocenters. The van der Waals surface area contributed by atoms with Crippen LogP contribution in [0.25, 0.3) is 0 Å². The Morgan fingerprint density at radius 1 is 1.40 bits per heavy atom. The van der Waals surface area contributed by atoms with Crippen LogP contribution in [0.1, 0.15) is 6.92 Å². The molecule has 0 atom stereocenters. The largest absolute Gasteiger partial charge is 0.450 e. The molecule has 0 saturated carbocycles. The molecule has 0 aliphatic rings. The summed E-state index contributed by atoms with van der Waals surface area (Å²) in [7, 11) is 0. The second-order valence-corrected chi connectivity index (χ2v) is 3.25. The molecule has 5 heteroatoms. The minimum absolute atomic E-state index is 0.355. The Morgan fingerprint density at radius 2 is 2.13 bits per heavy atom. The second-order valence-electron chi connectivity index (χ2n) is 2.56. The molecule has 15 heavy (non-hydrogen) atoms. The van der Waals surface area contributed by atoms with Crippen LogP contribution in [0.2, 0.25) is 0 Å². The maximum absolute atomic E-state index is 10.9. The molecule has 0 spiro atoms. The highest BCUT2D eigenvalue weighted by Gasteiger charge is 1.99. The quantitative estimate of drug-likeness (QED) is 0.477. The molecule has 4 nitrogen and oxygen atoms in total.